The Morgan fingerprint density at radius 2 is 2.05 bits per heavy atom. The monoisotopic (exact) mass is 268 g/mol. The van der Waals surface area contributed by atoms with E-state index >= 15 is 0 Å². The topological polar surface area (TPSA) is 55.0 Å². The lowest BCUT2D eigenvalue weighted by Gasteiger charge is -2.13. The van der Waals surface area contributed by atoms with Gasteiger partial charge in [-0.1, -0.05) is 12.1 Å². The molecule has 2 rings (SSSR count). The predicted octanol–water partition coefficient (Wildman–Crippen LogP) is 3.20. The molecule has 0 saturated carbocycles. The Balaban J connectivity index is 2.59. The van der Waals surface area contributed by atoms with Gasteiger partial charge < -0.3 is 9.30 Å². The number of aryl methyl sites for hydroxylation is 1. The summed E-state index contributed by atoms with van der Waals surface area (Å²) in [6.45, 7) is 3.81. The standard InChI is InChI=1S/C16H16N2O2/c1-11-10-13(15(19)8-9-17)12(2)18(11)14-6-4-5-7-16(14)20-3/h4-7,10H,8H2,1-3H3. The van der Waals surface area contributed by atoms with Crippen LogP contribution in [-0.2, 0) is 0 Å². The highest BCUT2D eigenvalue weighted by molar-refractivity contribution is 5.98. The van der Waals surface area contributed by atoms with Crippen LogP contribution in [0.1, 0.15) is 28.2 Å². The van der Waals surface area contributed by atoms with Gasteiger partial charge in [0, 0.05) is 17.0 Å². The Hall–Kier alpha value is -2.54. The summed E-state index contributed by atoms with van der Waals surface area (Å²) in [5.74, 6) is 0.593. The van der Waals surface area contributed by atoms with Crippen LogP contribution in [0.25, 0.3) is 5.69 Å². The molecule has 1 heterocycles. The van der Waals surface area contributed by atoms with Crippen molar-refractivity contribution in [1.29, 1.82) is 5.26 Å². The predicted molar refractivity (Wildman–Crippen MR) is 76.4 cm³/mol. The second kappa shape index (κ2) is 5.62. The summed E-state index contributed by atoms with van der Waals surface area (Å²) in [4.78, 5) is 11.9. The number of aromatic nitrogens is 1. The van der Waals surface area contributed by atoms with Gasteiger partial charge in [0.25, 0.3) is 0 Å². The largest absolute Gasteiger partial charge is 0.495 e. The molecular weight excluding hydrogens is 252 g/mol. The molecule has 1 aromatic heterocycles. The molecule has 0 saturated heterocycles. The molecule has 1 aromatic carbocycles. The Labute approximate surface area is 118 Å². The molecule has 0 amide bonds. The number of nitrogens with zero attached hydrogens (tertiary/aromatic N) is 2. The van der Waals surface area contributed by atoms with Gasteiger partial charge in [-0.05, 0) is 32.0 Å². The number of hydrogen-bond donors (Lipinski definition) is 0. The van der Waals surface area contributed by atoms with Crippen LogP contribution in [0.4, 0.5) is 0 Å². The smallest absolute Gasteiger partial charge is 0.178 e. The molecule has 102 valence electrons. The van der Waals surface area contributed by atoms with Gasteiger partial charge in [0.15, 0.2) is 5.78 Å². The van der Waals surface area contributed by atoms with Crippen LogP contribution < -0.4 is 4.74 Å². The molecule has 0 fully saturated rings. The van der Waals surface area contributed by atoms with E-state index < -0.39 is 0 Å². The molecule has 0 aliphatic rings. The maximum atomic E-state index is 11.9. The van der Waals surface area contributed by atoms with Crippen LogP contribution in [-0.4, -0.2) is 17.5 Å². The van der Waals surface area contributed by atoms with Crippen molar-refractivity contribution >= 4 is 5.78 Å². The molecular formula is C16H16N2O2. The fourth-order valence-corrected chi connectivity index (χ4v) is 2.40. The van der Waals surface area contributed by atoms with Crippen molar-refractivity contribution in [2.24, 2.45) is 0 Å². The SMILES string of the molecule is COc1ccccc1-n1c(C)cc(C(=O)CC#N)c1C. The Bertz CT molecular complexity index is 693. The van der Waals surface area contributed by atoms with E-state index in [-0.39, 0.29) is 12.2 Å². The molecule has 0 atom stereocenters. The number of ketones is 1. The highest BCUT2D eigenvalue weighted by Gasteiger charge is 2.17. The second-order valence-corrected chi connectivity index (χ2v) is 4.55. The number of methoxy groups -OCH3 is 1. The zero-order valence-corrected chi connectivity index (χ0v) is 11.8. The lowest BCUT2D eigenvalue weighted by Crippen LogP contribution is -2.04. The van der Waals surface area contributed by atoms with Gasteiger partial charge >= 0.3 is 0 Å². The van der Waals surface area contributed by atoms with Crippen molar-refractivity contribution in [3.8, 4) is 17.5 Å². The fraction of sp³-hybridized carbons (Fsp3) is 0.250. The molecule has 20 heavy (non-hydrogen) atoms. The first-order valence-electron chi connectivity index (χ1n) is 6.32. The average molecular weight is 268 g/mol. The van der Waals surface area contributed by atoms with Gasteiger partial charge in [0.05, 0.1) is 25.3 Å². The van der Waals surface area contributed by atoms with Crippen molar-refractivity contribution in [3.05, 3.63) is 47.3 Å². The summed E-state index contributed by atoms with van der Waals surface area (Å²) < 4.78 is 7.34. The number of para-hydroxylation sites is 2. The van der Waals surface area contributed by atoms with Gasteiger partial charge in [-0.25, -0.2) is 0 Å². The lowest BCUT2D eigenvalue weighted by molar-refractivity contribution is 0.0997. The van der Waals surface area contributed by atoms with Crippen LogP contribution >= 0.6 is 0 Å². The third-order valence-corrected chi connectivity index (χ3v) is 3.30. The van der Waals surface area contributed by atoms with Gasteiger partial charge in [-0.2, -0.15) is 5.26 Å². The zero-order chi connectivity index (χ0) is 14.7. The maximum absolute atomic E-state index is 11.9. The van der Waals surface area contributed by atoms with Crippen LogP contribution in [0.2, 0.25) is 0 Å². The summed E-state index contributed by atoms with van der Waals surface area (Å²) in [5.41, 5.74) is 3.25. The zero-order valence-electron chi connectivity index (χ0n) is 11.8. The first-order chi connectivity index (χ1) is 9.60. The average Bonchev–Trinajstić information content (AvgIpc) is 2.74. The van der Waals surface area contributed by atoms with Crippen molar-refractivity contribution in [3.63, 3.8) is 0 Å². The summed E-state index contributed by atoms with van der Waals surface area (Å²) >= 11 is 0. The molecule has 4 nitrogen and oxygen atoms in total. The molecule has 2 aromatic rings. The molecule has 0 N–H and O–H groups in total. The quantitative estimate of drug-likeness (QED) is 0.800. The number of carbonyl (C=O) groups is 1. The van der Waals surface area contributed by atoms with E-state index in [9.17, 15) is 4.79 Å². The van der Waals surface area contributed by atoms with E-state index in [1.54, 1.807) is 7.11 Å². The van der Waals surface area contributed by atoms with Crippen LogP contribution in [0.15, 0.2) is 30.3 Å². The van der Waals surface area contributed by atoms with Gasteiger partial charge in [0.1, 0.15) is 5.75 Å². The van der Waals surface area contributed by atoms with Crippen molar-refractivity contribution in [2.75, 3.05) is 7.11 Å². The number of hydrogen-bond acceptors (Lipinski definition) is 3. The number of benzene rings is 1. The summed E-state index contributed by atoms with van der Waals surface area (Å²) in [6, 6.07) is 11.4. The van der Waals surface area contributed by atoms with Crippen molar-refractivity contribution < 1.29 is 9.53 Å². The molecule has 0 unspecified atom stereocenters. The van der Waals surface area contributed by atoms with E-state index in [0.717, 1.165) is 22.8 Å². The Morgan fingerprint density at radius 3 is 2.70 bits per heavy atom. The molecule has 4 heteroatoms. The van der Waals surface area contributed by atoms with E-state index in [1.165, 1.54) is 0 Å². The molecule has 0 spiro atoms. The fourth-order valence-electron chi connectivity index (χ4n) is 2.40. The minimum absolute atomic E-state index is 0.101. The Kier molecular flexibility index (Phi) is 3.90. The molecule has 0 aliphatic heterocycles. The number of rotatable bonds is 4. The Morgan fingerprint density at radius 1 is 1.35 bits per heavy atom. The van der Waals surface area contributed by atoms with E-state index in [1.807, 2.05) is 54.8 Å². The van der Waals surface area contributed by atoms with Crippen LogP contribution in [0, 0.1) is 25.2 Å². The maximum Gasteiger partial charge on any atom is 0.178 e. The van der Waals surface area contributed by atoms with E-state index in [4.69, 9.17) is 10.00 Å². The first kappa shape index (κ1) is 13.9. The first-order valence-corrected chi connectivity index (χ1v) is 6.32. The highest BCUT2D eigenvalue weighted by Crippen LogP contribution is 2.28. The summed E-state index contributed by atoms with van der Waals surface area (Å²) in [7, 11) is 1.62. The second-order valence-electron chi connectivity index (χ2n) is 4.55. The van der Waals surface area contributed by atoms with Gasteiger partial charge in [-0.15, -0.1) is 0 Å². The normalized spacial score (nSPS) is 10.1. The van der Waals surface area contributed by atoms with Crippen LogP contribution in [0.3, 0.4) is 0 Å². The highest BCUT2D eigenvalue weighted by atomic mass is 16.5. The number of ether oxygens (including phenoxy) is 1. The number of nitriles is 1. The third kappa shape index (κ3) is 2.30. The summed E-state index contributed by atoms with van der Waals surface area (Å²) in [6.07, 6.45) is -0.101. The van der Waals surface area contributed by atoms with E-state index in [2.05, 4.69) is 0 Å². The molecule has 0 radical (unpaired) electrons. The number of Topliss-reactive ketones (excluding diaryl/α,β-unsaturated/α-hetero) is 1. The van der Waals surface area contributed by atoms with E-state index in [0.29, 0.717) is 5.56 Å². The molecule has 0 bridgehead atoms. The number of carbonyl (C=O) groups excluding carboxylic acids is 1. The minimum atomic E-state index is -0.151. The minimum Gasteiger partial charge on any atom is -0.495 e. The van der Waals surface area contributed by atoms with Gasteiger partial charge in [-0.3, -0.25) is 4.79 Å². The third-order valence-electron chi connectivity index (χ3n) is 3.30. The summed E-state index contributed by atoms with van der Waals surface area (Å²) in [5, 5.41) is 8.67. The van der Waals surface area contributed by atoms with Crippen molar-refractivity contribution in [1.82, 2.24) is 4.57 Å². The molecule has 0 aliphatic carbocycles. The lowest BCUT2D eigenvalue weighted by atomic mass is 10.1. The van der Waals surface area contributed by atoms with Gasteiger partial charge in [0.2, 0.25) is 0 Å². The van der Waals surface area contributed by atoms with Crippen LogP contribution in [0.5, 0.6) is 5.75 Å². The van der Waals surface area contributed by atoms with Crippen molar-refractivity contribution in [2.45, 2.75) is 20.3 Å².